The first-order chi connectivity index (χ1) is 10.0. The summed E-state index contributed by atoms with van der Waals surface area (Å²) >= 11 is 7.24. The van der Waals surface area contributed by atoms with Crippen LogP contribution < -0.4 is 5.56 Å². The highest BCUT2D eigenvalue weighted by Gasteiger charge is 2.12. The fourth-order valence-corrected chi connectivity index (χ4v) is 2.82. The van der Waals surface area contributed by atoms with Crippen LogP contribution in [0.15, 0.2) is 28.2 Å². The first kappa shape index (κ1) is 15.9. The molecule has 110 valence electrons. The minimum absolute atomic E-state index is 0.0715. The summed E-state index contributed by atoms with van der Waals surface area (Å²) < 4.78 is 1.66. The second kappa shape index (κ2) is 6.97. The molecule has 2 aromatic rings. The predicted octanol–water partition coefficient (Wildman–Crippen LogP) is 3.71. The quantitative estimate of drug-likeness (QED) is 0.622. The van der Waals surface area contributed by atoms with Crippen LogP contribution in [0.5, 0.6) is 0 Å². The van der Waals surface area contributed by atoms with Gasteiger partial charge in [-0.15, -0.1) is 0 Å². The highest BCUT2D eigenvalue weighted by molar-refractivity contribution is 7.99. The number of nitriles is 1. The molecule has 0 spiro atoms. The van der Waals surface area contributed by atoms with E-state index < -0.39 is 0 Å². The van der Waals surface area contributed by atoms with Gasteiger partial charge in [0, 0.05) is 11.6 Å². The van der Waals surface area contributed by atoms with Crippen LogP contribution in [0.1, 0.15) is 20.3 Å². The molecule has 0 aliphatic rings. The van der Waals surface area contributed by atoms with Crippen LogP contribution in [0.4, 0.5) is 0 Å². The molecule has 1 aromatic carbocycles. The number of hydrogen-bond acceptors (Lipinski definition) is 4. The Kier molecular flexibility index (Phi) is 5.27. The van der Waals surface area contributed by atoms with E-state index in [-0.39, 0.29) is 11.3 Å². The molecular formula is C15H16ClN3OS. The summed E-state index contributed by atoms with van der Waals surface area (Å²) in [6.07, 6.45) is 0.890. The first-order valence-electron chi connectivity index (χ1n) is 6.72. The number of halogens is 1. The van der Waals surface area contributed by atoms with Gasteiger partial charge in [-0.1, -0.05) is 37.2 Å². The topological polar surface area (TPSA) is 58.7 Å². The molecule has 0 N–H and O–H groups in total. The van der Waals surface area contributed by atoms with Crippen molar-refractivity contribution in [3.8, 4) is 6.07 Å². The minimum Gasteiger partial charge on any atom is -0.287 e. The second-order valence-corrected chi connectivity index (χ2v) is 6.52. The predicted molar refractivity (Wildman–Crippen MR) is 86.8 cm³/mol. The van der Waals surface area contributed by atoms with Gasteiger partial charge in [-0.05, 0) is 30.5 Å². The average Bonchev–Trinajstić information content (AvgIpc) is 2.43. The molecular weight excluding hydrogens is 306 g/mol. The number of nitrogens with zero attached hydrogens (tertiary/aromatic N) is 3. The molecule has 0 aliphatic heterocycles. The van der Waals surface area contributed by atoms with E-state index in [0.29, 0.717) is 33.5 Å². The van der Waals surface area contributed by atoms with E-state index in [9.17, 15) is 4.79 Å². The van der Waals surface area contributed by atoms with Crippen LogP contribution in [0.25, 0.3) is 10.9 Å². The Morgan fingerprint density at radius 1 is 1.48 bits per heavy atom. The summed E-state index contributed by atoms with van der Waals surface area (Å²) in [7, 11) is 0. The molecule has 0 saturated heterocycles. The van der Waals surface area contributed by atoms with Gasteiger partial charge in [0.1, 0.15) is 0 Å². The van der Waals surface area contributed by atoms with Gasteiger partial charge in [-0.2, -0.15) is 5.26 Å². The van der Waals surface area contributed by atoms with E-state index >= 15 is 0 Å². The number of aromatic nitrogens is 2. The van der Waals surface area contributed by atoms with Crippen molar-refractivity contribution in [1.82, 2.24) is 9.55 Å². The van der Waals surface area contributed by atoms with Crippen molar-refractivity contribution in [1.29, 1.82) is 5.26 Å². The summed E-state index contributed by atoms with van der Waals surface area (Å²) in [5.74, 6) is 0.756. The van der Waals surface area contributed by atoms with E-state index in [4.69, 9.17) is 16.9 Å². The SMILES string of the molecule is CC(C)CCn1c(SCC#N)nc2cc(Cl)ccc2c1=O. The maximum atomic E-state index is 12.6. The van der Waals surface area contributed by atoms with Gasteiger partial charge in [-0.3, -0.25) is 9.36 Å². The van der Waals surface area contributed by atoms with Crippen LogP contribution in [0, 0.1) is 17.2 Å². The Hall–Kier alpha value is -1.51. The molecule has 0 unspecified atom stereocenters. The fourth-order valence-electron chi connectivity index (χ4n) is 1.97. The van der Waals surface area contributed by atoms with Crippen molar-refractivity contribution in [2.75, 3.05) is 5.75 Å². The lowest BCUT2D eigenvalue weighted by molar-refractivity contribution is 0.481. The van der Waals surface area contributed by atoms with Crippen molar-refractivity contribution in [2.24, 2.45) is 5.92 Å². The lowest BCUT2D eigenvalue weighted by Crippen LogP contribution is -2.24. The van der Waals surface area contributed by atoms with Crippen LogP contribution in [0.3, 0.4) is 0 Å². The molecule has 0 radical (unpaired) electrons. The molecule has 6 heteroatoms. The van der Waals surface area contributed by atoms with Crippen LogP contribution >= 0.6 is 23.4 Å². The van der Waals surface area contributed by atoms with Crippen molar-refractivity contribution in [3.63, 3.8) is 0 Å². The lowest BCUT2D eigenvalue weighted by atomic mass is 10.1. The second-order valence-electron chi connectivity index (χ2n) is 5.14. The van der Waals surface area contributed by atoms with Gasteiger partial charge in [0.25, 0.3) is 5.56 Å². The van der Waals surface area contributed by atoms with Crippen molar-refractivity contribution < 1.29 is 0 Å². The van der Waals surface area contributed by atoms with Gasteiger partial charge in [0.2, 0.25) is 0 Å². The number of benzene rings is 1. The zero-order valence-electron chi connectivity index (χ0n) is 12.0. The molecule has 0 amide bonds. The van der Waals surface area contributed by atoms with E-state index in [1.807, 2.05) is 0 Å². The maximum Gasteiger partial charge on any atom is 0.262 e. The molecule has 21 heavy (non-hydrogen) atoms. The summed E-state index contributed by atoms with van der Waals surface area (Å²) in [5.41, 5.74) is 0.506. The van der Waals surface area contributed by atoms with Gasteiger partial charge in [0.05, 0.1) is 22.7 Å². The van der Waals surface area contributed by atoms with E-state index in [1.165, 1.54) is 11.8 Å². The molecule has 0 aliphatic carbocycles. The van der Waals surface area contributed by atoms with Gasteiger partial charge in [-0.25, -0.2) is 4.98 Å². The summed E-state index contributed by atoms with van der Waals surface area (Å²) in [6.45, 7) is 4.83. The third-order valence-corrected chi connectivity index (χ3v) is 4.16. The minimum atomic E-state index is -0.0715. The molecule has 0 bridgehead atoms. The molecule has 0 saturated carbocycles. The largest absolute Gasteiger partial charge is 0.287 e. The molecule has 0 fully saturated rings. The van der Waals surface area contributed by atoms with Crippen LogP contribution in [-0.2, 0) is 6.54 Å². The monoisotopic (exact) mass is 321 g/mol. The molecule has 4 nitrogen and oxygen atoms in total. The van der Waals surface area contributed by atoms with Gasteiger partial charge >= 0.3 is 0 Å². The zero-order valence-corrected chi connectivity index (χ0v) is 13.5. The number of thioether (sulfide) groups is 1. The number of hydrogen-bond donors (Lipinski definition) is 0. The van der Waals surface area contributed by atoms with Crippen molar-refractivity contribution in [3.05, 3.63) is 33.6 Å². The summed E-state index contributed by atoms with van der Waals surface area (Å²) in [5, 5.41) is 10.4. The number of fused-ring (bicyclic) bond motifs is 1. The fraction of sp³-hybridized carbons (Fsp3) is 0.400. The highest BCUT2D eigenvalue weighted by Crippen LogP contribution is 2.20. The van der Waals surface area contributed by atoms with E-state index in [1.54, 1.807) is 22.8 Å². The van der Waals surface area contributed by atoms with Gasteiger partial charge in [0.15, 0.2) is 5.16 Å². The zero-order chi connectivity index (χ0) is 15.4. The van der Waals surface area contributed by atoms with Crippen molar-refractivity contribution in [2.45, 2.75) is 32.0 Å². The Labute approximate surface area is 132 Å². The Morgan fingerprint density at radius 3 is 2.90 bits per heavy atom. The van der Waals surface area contributed by atoms with Crippen molar-refractivity contribution >= 4 is 34.3 Å². The molecule has 1 heterocycles. The normalized spacial score (nSPS) is 11.0. The summed E-state index contributed by atoms with van der Waals surface area (Å²) in [6, 6.07) is 7.15. The smallest absolute Gasteiger partial charge is 0.262 e. The maximum absolute atomic E-state index is 12.6. The summed E-state index contributed by atoms with van der Waals surface area (Å²) in [4.78, 5) is 17.1. The first-order valence-corrected chi connectivity index (χ1v) is 8.09. The van der Waals surface area contributed by atoms with Crippen LogP contribution in [0.2, 0.25) is 5.02 Å². The third kappa shape index (κ3) is 3.78. The Morgan fingerprint density at radius 2 is 2.24 bits per heavy atom. The Balaban J connectivity index is 2.56. The third-order valence-electron chi connectivity index (χ3n) is 3.08. The Bertz CT molecular complexity index is 749. The van der Waals surface area contributed by atoms with Gasteiger partial charge < -0.3 is 0 Å². The lowest BCUT2D eigenvalue weighted by Gasteiger charge is -2.13. The molecule has 2 rings (SSSR count). The molecule has 1 aromatic heterocycles. The van der Waals surface area contributed by atoms with E-state index in [0.717, 1.165) is 6.42 Å². The van der Waals surface area contributed by atoms with Crippen LogP contribution in [-0.4, -0.2) is 15.3 Å². The average molecular weight is 322 g/mol. The standard InChI is InChI=1S/C15H16ClN3OS/c1-10(2)5-7-19-14(20)12-4-3-11(16)9-13(12)18-15(19)21-8-6-17/h3-4,9-10H,5,7-8H2,1-2H3. The number of rotatable bonds is 5. The molecule has 0 atom stereocenters. The van der Waals surface area contributed by atoms with E-state index in [2.05, 4.69) is 24.9 Å². The highest BCUT2D eigenvalue weighted by atomic mass is 35.5.